The first-order valence-corrected chi connectivity index (χ1v) is 11.6. The van der Waals surface area contributed by atoms with Crippen LogP contribution in [0.25, 0.3) is 0 Å². The lowest BCUT2D eigenvalue weighted by molar-refractivity contribution is 0.180. The molecule has 0 spiro atoms. The Morgan fingerprint density at radius 1 is 1.40 bits per heavy atom. The standard InChI is InChI=1S/C6H15IOSi2/c7-5-3-1-2-4-6(5)8-10-9/h5-6H,1-4,10H2,9H3/t5-,6-/m1/s1. The van der Waals surface area contributed by atoms with E-state index in [0.717, 1.165) is 3.92 Å². The Kier molecular flexibility index (Phi) is 4.51. The Labute approximate surface area is 81.6 Å². The van der Waals surface area contributed by atoms with Crippen molar-refractivity contribution in [1.29, 1.82) is 0 Å². The largest absolute Gasteiger partial charge is 0.424 e. The van der Waals surface area contributed by atoms with Crippen molar-refractivity contribution in [3.8, 4) is 0 Å². The van der Waals surface area contributed by atoms with Crippen molar-refractivity contribution in [2.75, 3.05) is 0 Å². The zero-order valence-corrected chi connectivity index (χ0v) is 12.0. The third-order valence-electron chi connectivity index (χ3n) is 2.00. The number of halogens is 1. The minimum Gasteiger partial charge on any atom is -0.424 e. The predicted molar refractivity (Wildman–Crippen MR) is 59.6 cm³/mol. The van der Waals surface area contributed by atoms with Crippen molar-refractivity contribution in [2.45, 2.75) is 35.7 Å². The van der Waals surface area contributed by atoms with Crippen LogP contribution in [0.5, 0.6) is 0 Å². The molecule has 2 atom stereocenters. The Bertz CT molecular complexity index is 99.7. The summed E-state index contributed by atoms with van der Waals surface area (Å²) in [6, 6.07) is 0. The molecule has 1 nitrogen and oxygen atoms in total. The summed E-state index contributed by atoms with van der Waals surface area (Å²) >= 11 is 2.55. The van der Waals surface area contributed by atoms with Crippen LogP contribution in [0.4, 0.5) is 0 Å². The number of alkyl halides is 1. The lowest BCUT2D eigenvalue weighted by Crippen LogP contribution is -2.29. The minimum atomic E-state index is -0.0286. The van der Waals surface area contributed by atoms with Gasteiger partial charge in [-0.05, 0) is 12.8 Å². The zero-order chi connectivity index (χ0) is 7.40. The fourth-order valence-electron chi connectivity index (χ4n) is 1.45. The molecule has 0 unspecified atom stereocenters. The highest BCUT2D eigenvalue weighted by molar-refractivity contribution is 14.1. The first-order chi connectivity index (χ1) is 4.84. The summed E-state index contributed by atoms with van der Waals surface area (Å²) < 4.78 is 6.61. The number of hydrogen-bond acceptors (Lipinski definition) is 1. The van der Waals surface area contributed by atoms with Crippen LogP contribution in [0.3, 0.4) is 0 Å². The maximum atomic E-state index is 5.79. The van der Waals surface area contributed by atoms with Crippen LogP contribution in [0.2, 0.25) is 0 Å². The first-order valence-electron chi connectivity index (χ1n) is 4.10. The molecule has 60 valence electrons. The van der Waals surface area contributed by atoms with Crippen LogP contribution in [-0.4, -0.2) is 29.1 Å². The van der Waals surface area contributed by atoms with E-state index in [1.54, 1.807) is 0 Å². The molecular weight excluding hydrogens is 271 g/mol. The molecule has 0 aromatic heterocycles. The lowest BCUT2D eigenvalue weighted by Gasteiger charge is -2.27. The van der Waals surface area contributed by atoms with E-state index in [1.807, 2.05) is 0 Å². The van der Waals surface area contributed by atoms with Crippen molar-refractivity contribution in [3.63, 3.8) is 0 Å². The van der Waals surface area contributed by atoms with Crippen LogP contribution in [0.15, 0.2) is 0 Å². The molecule has 0 aliphatic heterocycles. The minimum absolute atomic E-state index is 0.0286. The molecule has 0 N–H and O–H groups in total. The van der Waals surface area contributed by atoms with Gasteiger partial charge in [0.15, 0.2) is 0 Å². The molecule has 1 aliphatic carbocycles. The lowest BCUT2D eigenvalue weighted by atomic mass is 9.98. The monoisotopic (exact) mass is 286 g/mol. The number of hydrogen-bond donors (Lipinski definition) is 0. The van der Waals surface area contributed by atoms with Gasteiger partial charge in [0.1, 0.15) is 9.28 Å². The molecule has 1 saturated carbocycles. The molecule has 0 aromatic carbocycles. The molecule has 4 heteroatoms. The van der Waals surface area contributed by atoms with Crippen molar-refractivity contribution in [3.05, 3.63) is 0 Å². The summed E-state index contributed by atoms with van der Waals surface area (Å²) in [6.07, 6.45) is 6.21. The van der Waals surface area contributed by atoms with E-state index in [0.29, 0.717) is 6.10 Å². The summed E-state index contributed by atoms with van der Waals surface area (Å²) in [5, 5.41) is 0. The van der Waals surface area contributed by atoms with Gasteiger partial charge in [-0.1, -0.05) is 35.4 Å². The normalized spacial score (nSPS) is 35.7. The topological polar surface area (TPSA) is 9.23 Å². The maximum Gasteiger partial charge on any atom is 0.140 e. The first kappa shape index (κ1) is 9.21. The van der Waals surface area contributed by atoms with Gasteiger partial charge in [0.05, 0.1) is 6.10 Å². The van der Waals surface area contributed by atoms with E-state index in [2.05, 4.69) is 22.6 Å². The summed E-state index contributed by atoms with van der Waals surface area (Å²) in [7, 11) is 1.30. The van der Waals surface area contributed by atoms with Gasteiger partial charge < -0.3 is 4.43 Å². The zero-order valence-electron chi connectivity index (χ0n) is 6.48. The Balaban J connectivity index is 2.25. The van der Waals surface area contributed by atoms with Gasteiger partial charge in [-0.15, -0.1) is 0 Å². The fraction of sp³-hybridized carbons (Fsp3) is 1.00. The number of rotatable bonds is 2. The molecule has 0 radical (unpaired) electrons. The molecule has 0 bridgehead atoms. The van der Waals surface area contributed by atoms with Crippen LogP contribution < -0.4 is 0 Å². The fourth-order valence-corrected chi connectivity index (χ4v) is 4.96. The van der Waals surface area contributed by atoms with E-state index >= 15 is 0 Å². The Hall–Kier alpha value is 1.12. The molecule has 10 heavy (non-hydrogen) atoms. The summed E-state index contributed by atoms with van der Waals surface area (Å²) in [6.45, 7) is 0. The maximum absolute atomic E-state index is 5.79. The van der Waals surface area contributed by atoms with Crippen LogP contribution in [0, 0.1) is 0 Å². The second kappa shape index (κ2) is 4.89. The van der Waals surface area contributed by atoms with E-state index in [-0.39, 0.29) is 9.28 Å². The van der Waals surface area contributed by atoms with Crippen molar-refractivity contribution in [2.24, 2.45) is 0 Å². The highest BCUT2D eigenvalue weighted by Crippen LogP contribution is 2.26. The SMILES string of the molecule is [SiH3][SiH2]O[C@@H]1CCCC[C@H]1I. The molecule has 1 aliphatic rings. The van der Waals surface area contributed by atoms with Gasteiger partial charge in [-0.25, -0.2) is 0 Å². The van der Waals surface area contributed by atoms with Gasteiger partial charge >= 0.3 is 0 Å². The summed E-state index contributed by atoms with van der Waals surface area (Å²) in [4.78, 5) is 0. The molecule has 0 saturated heterocycles. The third-order valence-corrected chi connectivity index (χ3v) is 5.19. The Morgan fingerprint density at radius 2 is 2.10 bits per heavy atom. The molecular formula is C6H15IOSi2. The van der Waals surface area contributed by atoms with Crippen LogP contribution in [-0.2, 0) is 4.43 Å². The molecule has 1 fully saturated rings. The van der Waals surface area contributed by atoms with E-state index < -0.39 is 0 Å². The summed E-state index contributed by atoms with van der Waals surface area (Å²) in [5.41, 5.74) is 0. The van der Waals surface area contributed by atoms with E-state index in [4.69, 9.17) is 4.43 Å². The predicted octanol–water partition coefficient (Wildman–Crippen LogP) is 0.113. The second-order valence-corrected chi connectivity index (χ2v) is 7.04. The van der Waals surface area contributed by atoms with Crippen molar-refractivity contribution in [1.82, 2.24) is 0 Å². The van der Waals surface area contributed by atoms with Gasteiger partial charge in [0.2, 0.25) is 0 Å². The van der Waals surface area contributed by atoms with Crippen molar-refractivity contribution < 1.29 is 4.43 Å². The molecule has 0 heterocycles. The van der Waals surface area contributed by atoms with Crippen LogP contribution in [0.1, 0.15) is 25.7 Å². The molecule has 0 amide bonds. The second-order valence-electron chi connectivity index (χ2n) is 2.79. The highest BCUT2D eigenvalue weighted by Gasteiger charge is 2.21. The van der Waals surface area contributed by atoms with Gasteiger partial charge in [-0.2, -0.15) is 0 Å². The van der Waals surface area contributed by atoms with E-state index in [1.165, 1.54) is 35.4 Å². The van der Waals surface area contributed by atoms with Gasteiger partial charge in [0.25, 0.3) is 0 Å². The smallest absolute Gasteiger partial charge is 0.140 e. The third kappa shape index (κ3) is 2.63. The molecule has 1 rings (SSSR count). The van der Waals surface area contributed by atoms with Crippen LogP contribution >= 0.6 is 22.6 Å². The average molecular weight is 286 g/mol. The molecule has 0 aromatic rings. The van der Waals surface area contributed by atoms with Gasteiger partial charge in [-0.3, -0.25) is 0 Å². The Morgan fingerprint density at radius 3 is 2.70 bits per heavy atom. The summed E-state index contributed by atoms with van der Waals surface area (Å²) in [5.74, 6) is 0. The highest BCUT2D eigenvalue weighted by atomic mass is 127. The van der Waals surface area contributed by atoms with E-state index in [9.17, 15) is 0 Å². The van der Waals surface area contributed by atoms with Crippen molar-refractivity contribution >= 4 is 41.6 Å². The van der Waals surface area contributed by atoms with Gasteiger partial charge in [0, 0.05) is 13.7 Å². The quantitative estimate of drug-likeness (QED) is 0.398. The average Bonchev–Trinajstić information content (AvgIpc) is 1.94.